The van der Waals surface area contributed by atoms with Gasteiger partial charge >= 0.3 is 0 Å². The third kappa shape index (κ3) is 7.53. The fourth-order valence-corrected chi connectivity index (χ4v) is 6.00. The van der Waals surface area contributed by atoms with Crippen LogP contribution in [0, 0.1) is 13.8 Å². The number of nitrogens with one attached hydrogen (secondary N) is 1. The molecule has 0 aliphatic rings. The fourth-order valence-electron chi connectivity index (χ4n) is 4.04. The SMILES string of the molecule is Cc1ccc(C)c(N(CC(=O)N(Cc2ccc(Cl)cc2Cl)C(C)C(=O)NC(C)C)S(=O)(=O)c2ccccc2)c1. The molecular weight excluding hydrogens is 557 g/mol. The van der Waals surface area contributed by atoms with Gasteiger partial charge in [0.05, 0.1) is 10.6 Å². The van der Waals surface area contributed by atoms with Crippen LogP contribution in [0.4, 0.5) is 5.69 Å². The number of carbonyl (C=O) groups is 2. The molecule has 0 aliphatic carbocycles. The van der Waals surface area contributed by atoms with Crippen LogP contribution in [0.15, 0.2) is 71.6 Å². The third-order valence-electron chi connectivity index (χ3n) is 6.20. The molecule has 3 aromatic carbocycles. The van der Waals surface area contributed by atoms with Crippen LogP contribution in [-0.2, 0) is 26.2 Å². The number of hydrogen-bond donors (Lipinski definition) is 1. The summed E-state index contributed by atoms with van der Waals surface area (Å²) >= 11 is 12.5. The monoisotopic (exact) mass is 589 g/mol. The number of rotatable bonds is 10. The van der Waals surface area contributed by atoms with Crippen molar-refractivity contribution in [1.29, 1.82) is 0 Å². The second-order valence-corrected chi connectivity index (χ2v) is 12.4. The third-order valence-corrected chi connectivity index (χ3v) is 8.56. The molecule has 208 valence electrons. The van der Waals surface area contributed by atoms with Gasteiger partial charge < -0.3 is 10.2 Å². The minimum Gasteiger partial charge on any atom is -0.352 e. The Morgan fingerprint density at radius 1 is 0.923 bits per heavy atom. The lowest BCUT2D eigenvalue weighted by molar-refractivity contribution is -0.139. The second-order valence-electron chi connectivity index (χ2n) is 9.71. The smallest absolute Gasteiger partial charge is 0.264 e. The zero-order valence-electron chi connectivity index (χ0n) is 22.6. The maximum atomic E-state index is 14.0. The number of hydrogen-bond acceptors (Lipinski definition) is 4. The first kappa shape index (κ1) is 30.5. The molecule has 0 bridgehead atoms. The molecule has 1 N–H and O–H groups in total. The van der Waals surface area contributed by atoms with E-state index in [-0.39, 0.29) is 23.4 Å². The summed E-state index contributed by atoms with van der Waals surface area (Å²) in [5, 5.41) is 3.59. The predicted molar refractivity (Wildman–Crippen MR) is 157 cm³/mol. The Labute approximate surface area is 240 Å². The topological polar surface area (TPSA) is 86.8 Å². The van der Waals surface area contributed by atoms with Crippen LogP contribution < -0.4 is 9.62 Å². The molecule has 0 aromatic heterocycles. The van der Waals surface area contributed by atoms with Gasteiger partial charge in [-0.15, -0.1) is 0 Å². The molecule has 3 rings (SSSR count). The van der Waals surface area contributed by atoms with Gasteiger partial charge in [-0.25, -0.2) is 8.42 Å². The first-order chi connectivity index (χ1) is 18.3. The van der Waals surface area contributed by atoms with Gasteiger partial charge in [0.15, 0.2) is 0 Å². The van der Waals surface area contributed by atoms with Crippen LogP contribution in [0.2, 0.25) is 10.0 Å². The number of carbonyl (C=O) groups excluding carboxylic acids is 2. The number of benzene rings is 3. The van der Waals surface area contributed by atoms with Crippen LogP contribution in [0.5, 0.6) is 0 Å². The summed E-state index contributed by atoms with van der Waals surface area (Å²) in [4.78, 5) is 28.4. The molecule has 2 amide bonds. The van der Waals surface area contributed by atoms with Crippen LogP contribution in [0.25, 0.3) is 0 Å². The summed E-state index contributed by atoms with van der Waals surface area (Å²) in [6.07, 6.45) is 0. The van der Waals surface area contributed by atoms with Gasteiger partial charge in [-0.1, -0.05) is 59.6 Å². The average Bonchev–Trinajstić information content (AvgIpc) is 2.88. The van der Waals surface area contributed by atoms with Crippen molar-refractivity contribution in [2.24, 2.45) is 0 Å². The van der Waals surface area contributed by atoms with Crippen molar-refractivity contribution in [1.82, 2.24) is 10.2 Å². The number of amides is 2. The number of halogens is 2. The minimum atomic E-state index is -4.13. The molecule has 0 spiro atoms. The van der Waals surface area contributed by atoms with Gasteiger partial charge in [0.1, 0.15) is 12.6 Å². The second kappa shape index (κ2) is 12.9. The summed E-state index contributed by atoms with van der Waals surface area (Å²) in [6.45, 7) is 8.35. The van der Waals surface area contributed by atoms with Crippen molar-refractivity contribution in [3.8, 4) is 0 Å². The molecule has 0 aliphatic heterocycles. The molecule has 10 heteroatoms. The van der Waals surface area contributed by atoms with Gasteiger partial charge in [-0.2, -0.15) is 0 Å². The van der Waals surface area contributed by atoms with E-state index in [1.54, 1.807) is 56.3 Å². The van der Waals surface area contributed by atoms with Crippen molar-refractivity contribution in [2.45, 2.75) is 58.1 Å². The molecule has 3 aromatic rings. The summed E-state index contributed by atoms with van der Waals surface area (Å²) in [7, 11) is -4.13. The first-order valence-electron chi connectivity index (χ1n) is 12.5. The van der Waals surface area contributed by atoms with Crippen molar-refractivity contribution in [2.75, 3.05) is 10.8 Å². The van der Waals surface area contributed by atoms with E-state index in [1.807, 2.05) is 32.9 Å². The highest BCUT2D eigenvalue weighted by atomic mass is 35.5. The number of anilines is 1. The zero-order valence-corrected chi connectivity index (χ0v) is 24.9. The van der Waals surface area contributed by atoms with Crippen LogP contribution in [-0.4, -0.2) is 43.8 Å². The normalized spacial score (nSPS) is 12.2. The molecule has 0 saturated carbocycles. The van der Waals surface area contributed by atoms with E-state index in [4.69, 9.17) is 23.2 Å². The van der Waals surface area contributed by atoms with Gasteiger partial charge in [0.25, 0.3) is 10.0 Å². The van der Waals surface area contributed by atoms with E-state index in [0.29, 0.717) is 26.9 Å². The molecule has 1 atom stereocenters. The van der Waals surface area contributed by atoms with Crippen LogP contribution >= 0.6 is 23.2 Å². The van der Waals surface area contributed by atoms with Crippen molar-refractivity contribution >= 4 is 50.7 Å². The molecular formula is C29H33Cl2N3O4S. The lowest BCUT2D eigenvalue weighted by atomic mass is 10.1. The molecule has 0 heterocycles. The number of aryl methyl sites for hydroxylation is 2. The highest BCUT2D eigenvalue weighted by molar-refractivity contribution is 7.92. The van der Waals surface area contributed by atoms with E-state index in [0.717, 1.165) is 9.87 Å². The fraction of sp³-hybridized carbons (Fsp3) is 0.310. The standard InChI is InChI=1S/C29H33Cl2N3O4S/c1-19(2)32-29(36)22(5)33(17-23-13-14-24(30)16-26(23)31)28(35)18-34(27-15-20(3)11-12-21(27)4)39(37,38)25-9-7-6-8-10-25/h6-16,19,22H,17-18H2,1-5H3,(H,32,36). The summed E-state index contributed by atoms with van der Waals surface area (Å²) in [5.74, 6) is -0.930. The minimum absolute atomic E-state index is 0.0203. The van der Waals surface area contributed by atoms with Gasteiger partial charge in [-0.05, 0) is 81.6 Å². The zero-order chi connectivity index (χ0) is 28.9. The molecule has 7 nitrogen and oxygen atoms in total. The van der Waals surface area contributed by atoms with Gasteiger partial charge in [-0.3, -0.25) is 13.9 Å². The number of nitrogens with zero attached hydrogens (tertiary/aromatic N) is 2. The quantitative estimate of drug-likeness (QED) is 0.326. The van der Waals surface area contributed by atoms with Crippen molar-refractivity contribution in [3.05, 3.63) is 93.5 Å². The highest BCUT2D eigenvalue weighted by Crippen LogP contribution is 2.29. The lowest BCUT2D eigenvalue weighted by Gasteiger charge is -2.33. The van der Waals surface area contributed by atoms with E-state index in [1.165, 1.54) is 17.0 Å². The molecule has 39 heavy (non-hydrogen) atoms. The van der Waals surface area contributed by atoms with Crippen molar-refractivity contribution < 1.29 is 18.0 Å². The molecule has 1 unspecified atom stereocenters. The van der Waals surface area contributed by atoms with E-state index >= 15 is 0 Å². The summed E-state index contributed by atoms with van der Waals surface area (Å²) < 4.78 is 28.9. The molecule has 0 radical (unpaired) electrons. The van der Waals surface area contributed by atoms with E-state index < -0.39 is 28.5 Å². The van der Waals surface area contributed by atoms with Crippen LogP contribution in [0.3, 0.4) is 0 Å². The van der Waals surface area contributed by atoms with E-state index in [9.17, 15) is 18.0 Å². The predicted octanol–water partition coefficient (Wildman–Crippen LogP) is 5.75. The summed E-state index contributed by atoms with van der Waals surface area (Å²) in [6, 6.07) is 17.2. The Bertz CT molecular complexity index is 1450. The van der Waals surface area contributed by atoms with Gasteiger partial charge in [0.2, 0.25) is 11.8 Å². The van der Waals surface area contributed by atoms with E-state index in [2.05, 4.69) is 5.32 Å². The van der Waals surface area contributed by atoms with Gasteiger partial charge in [0, 0.05) is 22.6 Å². The Kier molecular flexibility index (Phi) is 10.0. The Hall–Kier alpha value is -3.07. The Balaban J connectivity index is 2.08. The molecule has 0 saturated heterocycles. The highest BCUT2D eigenvalue weighted by Gasteiger charge is 2.33. The lowest BCUT2D eigenvalue weighted by Crippen LogP contribution is -2.52. The number of sulfonamides is 1. The van der Waals surface area contributed by atoms with Crippen LogP contribution in [0.1, 0.15) is 37.5 Å². The maximum absolute atomic E-state index is 14.0. The maximum Gasteiger partial charge on any atom is 0.264 e. The Morgan fingerprint density at radius 3 is 2.21 bits per heavy atom. The first-order valence-corrected chi connectivity index (χ1v) is 14.7. The largest absolute Gasteiger partial charge is 0.352 e. The Morgan fingerprint density at radius 2 is 1.59 bits per heavy atom. The van der Waals surface area contributed by atoms with Crippen molar-refractivity contribution in [3.63, 3.8) is 0 Å². The molecule has 0 fully saturated rings. The summed E-state index contributed by atoms with van der Waals surface area (Å²) in [5.41, 5.74) is 2.48. The average molecular weight is 591 g/mol.